The Bertz CT molecular complexity index is 357. The fourth-order valence-electron chi connectivity index (χ4n) is 1.04. The van der Waals surface area contributed by atoms with E-state index in [2.05, 4.69) is 0 Å². The molecule has 1 rings (SSSR count). The molecule has 0 heterocycles. The number of Topliss-reactive ketones (excluding diaryl/α,β-unsaturated/α-hetero) is 1. The average Bonchev–Trinajstić information content (AvgIpc) is 2.22. The third-order valence-corrected chi connectivity index (χ3v) is 2.05. The molecule has 2 N–H and O–H groups in total. The van der Waals surface area contributed by atoms with E-state index in [4.69, 9.17) is 22.1 Å². The zero-order valence-corrected chi connectivity index (χ0v) is 8.76. The number of ketones is 1. The lowest BCUT2D eigenvalue weighted by Crippen LogP contribution is -2.15. The zero-order chi connectivity index (χ0) is 11.3. The summed E-state index contributed by atoms with van der Waals surface area (Å²) >= 11 is 5.74. The third-order valence-electron chi connectivity index (χ3n) is 1.72. The SMILES string of the molecule is NCCOCC(=O)c1cc(F)ccc1Cl. The number of halogens is 2. The summed E-state index contributed by atoms with van der Waals surface area (Å²) in [5.41, 5.74) is 5.32. The number of hydrogen-bond donors (Lipinski definition) is 1. The van der Waals surface area contributed by atoms with Crippen LogP contribution >= 0.6 is 11.6 Å². The third kappa shape index (κ3) is 3.58. The van der Waals surface area contributed by atoms with E-state index < -0.39 is 5.82 Å². The van der Waals surface area contributed by atoms with Crippen molar-refractivity contribution in [1.82, 2.24) is 0 Å². The second kappa shape index (κ2) is 5.80. The van der Waals surface area contributed by atoms with E-state index in [1.54, 1.807) is 0 Å². The van der Waals surface area contributed by atoms with Crippen LogP contribution in [0.5, 0.6) is 0 Å². The number of carbonyl (C=O) groups is 1. The second-order valence-electron chi connectivity index (χ2n) is 2.89. The summed E-state index contributed by atoms with van der Waals surface area (Å²) in [5, 5.41) is 0.220. The molecule has 0 aromatic heterocycles. The van der Waals surface area contributed by atoms with E-state index in [1.165, 1.54) is 12.1 Å². The lowest BCUT2D eigenvalue weighted by atomic mass is 10.1. The van der Waals surface area contributed by atoms with Gasteiger partial charge in [0.2, 0.25) is 0 Å². The van der Waals surface area contributed by atoms with Gasteiger partial charge in [0.25, 0.3) is 0 Å². The number of nitrogens with two attached hydrogens (primary N) is 1. The van der Waals surface area contributed by atoms with Crippen molar-refractivity contribution in [1.29, 1.82) is 0 Å². The predicted octanol–water partition coefficient (Wildman–Crippen LogP) is 1.64. The first-order valence-electron chi connectivity index (χ1n) is 4.41. The van der Waals surface area contributed by atoms with Crippen molar-refractivity contribution in [3.8, 4) is 0 Å². The Morgan fingerprint density at radius 2 is 2.27 bits per heavy atom. The molecule has 0 saturated heterocycles. The molecular weight excluding hydrogens is 221 g/mol. The van der Waals surface area contributed by atoms with Crippen molar-refractivity contribution in [2.24, 2.45) is 5.73 Å². The van der Waals surface area contributed by atoms with Crippen molar-refractivity contribution >= 4 is 17.4 Å². The largest absolute Gasteiger partial charge is 0.372 e. The fraction of sp³-hybridized carbons (Fsp3) is 0.300. The molecule has 5 heteroatoms. The van der Waals surface area contributed by atoms with Gasteiger partial charge in [-0.3, -0.25) is 4.79 Å². The Morgan fingerprint density at radius 1 is 1.53 bits per heavy atom. The molecule has 0 radical (unpaired) electrons. The molecule has 0 atom stereocenters. The highest BCUT2D eigenvalue weighted by molar-refractivity contribution is 6.34. The predicted molar refractivity (Wildman–Crippen MR) is 55.6 cm³/mol. The summed E-state index contributed by atoms with van der Waals surface area (Å²) in [5.74, 6) is -0.852. The monoisotopic (exact) mass is 231 g/mol. The highest BCUT2D eigenvalue weighted by Crippen LogP contribution is 2.17. The van der Waals surface area contributed by atoms with E-state index in [-0.39, 0.29) is 23.0 Å². The summed E-state index contributed by atoms with van der Waals surface area (Å²) in [4.78, 5) is 11.5. The van der Waals surface area contributed by atoms with E-state index in [9.17, 15) is 9.18 Å². The lowest BCUT2D eigenvalue weighted by Gasteiger charge is -2.04. The maximum Gasteiger partial charge on any atom is 0.190 e. The van der Waals surface area contributed by atoms with Gasteiger partial charge in [-0.15, -0.1) is 0 Å². The van der Waals surface area contributed by atoms with Gasteiger partial charge < -0.3 is 10.5 Å². The highest BCUT2D eigenvalue weighted by atomic mass is 35.5. The summed E-state index contributed by atoms with van der Waals surface area (Å²) in [6.45, 7) is 0.489. The minimum Gasteiger partial charge on any atom is -0.372 e. The van der Waals surface area contributed by atoms with Crippen LogP contribution < -0.4 is 5.73 Å². The van der Waals surface area contributed by atoms with Crippen molar-refractivity contribution in [3.05, 3.63) is 34.6 Å². The van der Waals surface area contributed by atoms with Gasteiger partial charge >= 0.3 is 0 Å². The van der Waals surface area contributed by atoms with Crippen molar-refractivity contribution < 1.29 is 13.9 Å². The number of ether oxygens (including phenoxy) is 1. The van der Waals surface area contributed by atoms with Crippen LogP contribution in [-0.4, -0.2) is 25.5 Å². The molecule has 0 spiro atoms. The van der Waals surface area contributed by atoms with Crippen molar-refractivity contribution in [3.63, 3.8) is 0 Å². The Morgan fingerprint density at radius 3 is 2.93 bits per heavy atom. The van der Waals surface area contributed by atoms with E-state index >= 15 is 0 Å². The molecule has 0 aliphatic carbocycles. The molecule has 15 heavy (non-hydrogen) atoms. The molecule has 0 bridgehead atoms. The van der Waals surface area contributed by atoms with E-state index in [1.807, 2.05) is 0 Å². The van der Waals surface area contributed by atoms with Gasteiger partial charge in [0, 0.05) is 12.1 Å². The van der Waals surface area contributed by atoms with Crippen molar-refractivity contribution in [2.75, 3.05) is 19.8 Å². The molecule has 1 aromatic carbocycles. The zero-order valence-electron chi connectivity index (χ0n) is 8.00. The van der Waals surface area contributed by atoms with Gasteiger partial charge in [-0.25, -0.2) is 4.39 Å². The molecule has 0 aliphatic rings. The number of rotatable bonds is 5. The molecule has 0 fully saturated rings. The summed E-state index contributed by atoms with van der Waals surface area (Å²) in [6, 6.07) is 3.63. The smallest absolute Gasteiger partial charge is 0.190 e. The van der Waals surface area contributed by atoms with Crippen LogP contribution in [0.1, 0.15) is 10.4 Å². The summed E-state index contributed by atoms with van der Waals surface area (Å²) in [7, 11) is 0. The van der Waals surface area contributed by atoms with Crippen LogP contribution in [0.25, 0.3) is 0 Å². The summed E-state index contributed by atoms with van der Waals surface area (Å²) < 4.78 is 17.8. The molecule has 1 aromatic rings. The Hall–Kier alpha value is -0.970. The number of carbonyl (C=O) groups excluding carboxylic acids is 1. The normalized spacial score (nSPS) is 10.3. The second-order valence-corrected chi connectivity index (χ2v) is 3.30. The van der Waals surface area contributed by atoms with Gasteiger partial charge in [-0.05, 0) is 18.2 Å². The first-order chi connectivity index (χ1) is 7.15. The van der Waals surface area contributed by atoms with Crippen LogP contribution in [0.4, 0.5) is 4.39 Å². The Kier molecular flexibility index (Phi) is 4.68. The van der Waals surface area contributed by atoms with Crippen LogP contribution in [0.15, 0.2) is 18.2 Å². The van der Waals surface area contributed by atoms with Crippen LogP contribution in [0.3, 0.4) is 0 Å². The Labute approximate surface area is 92.0 Å². The molecule has 82 valence electrons. The van der Waals surface area contributed by atoms with Crippen LogP contribution in [0.2, 0.25) is 5.02 Å². The molecule has 0 unspecified atom stereocenters. The van der Waals surface area contributed by atoms with Crippen molar-refractivity contribution in [2.45, 2.75) is 0 Å². The standard InChI is InChI=1S/C10H11ClFNO2/c11-9-2-1-7(12)5-8(9)10(14)6-15-4-3-13/h1-2,5H,3-4,6,13H2. The maximum atomic E-state index is 12.8. The van der Waals surface area contributed by atoms with E-state index in [0.717, 1.165) is 6.07 Å². The Balaban J connectivity index is 2.68. The van der Waals surface area contributed by atoms with Crippen LogP contribution in [-0.2, 0) is 4.74 Å². The number of benzene rings is 1. The topological polar surface area (TPSA) is 52.3 Å². The fourth-order valence-corrected chi connectivity index (χ4v) is 1.26. The minimum atomic E-state index is -0.499. The van der Waals surface area contributed by atoms with Gasteiger partial charge in [-0.1, -0.05) is 11.6 Å². The summed E-state index contributed by atoms with van der Waals surface area (Å²) in [6.07, 6.45) is 0. The molecule has 3 nitrogen and oxygen atoms in total. The maximum absolute atomic E-state index is 12.8. The first-order valence-corrected chi connectivity index (χ1v) is 4.79. The molecule has 0 amide bonds. The molecule has 0 saturated carbocycles. The quantitative estimate of drug-likeness (QED) is 0.619. The van der Waals surface area contributed by atoms with Crippen LogP contribution in [0, 0.1) is 5.82 Å². The van der Waals surface area contributed by atoms with Gasteiger partial charge in [0.15, 0.2) is 5.78 Å². The van der Waals surface area contributed by atoms with Gasteiger partial charge in [0.05, 0.1) is 11.6 Å². The van der Waals surface area contributed by atoms with Gasteiger partial charge in [0.1, 0.15) is 12.4 Å². The van der Waals surface area contributed by atoms with E-state index in [0.29, 0.717) is 13.2 Å². The van der Waals surface area contributed by atoms with Gasteiger partial charge in [-0.2, -0.15) is 0 Å². The first kappa shape index (κ1) is 12.1. The average molecular weight is 232 g/mol. The minimum absolute atomic E-state index is 0.133. The highest BCUT2D eigenvalue weighted by Gasteiger charge is 2.11. The lowest BCUT2D eigenvalue weighted by molar-refractivity contribution is 0.0774. The molecule has 0 aliphatic heterocycles. The molecular formula is C10H11ClFNO2. The number of hydrogen-bond acceptors (Lipinski definition) is 3.